The molecule has 2 N–H and O–H groups in total. The molecule has 94 valence electrons. The number of rotatable bonds is 2. The molecule has 1 heterocycles. The summed E-state index contributed by atoms with van der Waals surface area (Å²) in [5.41, 5.74) is 1.70. The number of amides is 2. The minimum absolute atomic E-state index is 0.0216. The number of urea groups is 1. The van der Waals surface area contributed by atoms with Crippen LogP contribution >= 0.6 is 0 Å². The molecule has 1 aromatic heterocycles. The molecule has 0 aromatic carbocycles. The Morgan fingerprint density at radius 3 is 2.53 bits per heavy atom. The third-order valence-corrected chi connectivity index (χ3v) is 2.21. The molecular weight excluding hydrogens is 214 g/mol. The lowest BCUT2D eigenvalue weighted by molar-refractivity contribution is 0.250. The Morgan fingerprint density at radius 1 is 1.35 bits per heavy atom. The van der Waals surface area contributed by atoms with E-state index in [1.54, 1.807) is 12.3 Å². The van der Waals surface area contributed by atoms with Gasteiger partial charge in [-0.15, -0.1) is 0 Å². The molecule has 1 rings (SSSR count). The summed E-state index contributed by atoms with van der Waals surface area (Å²) in [6.45, 7) is 10.1. The maximum absolute atomic E-state index is 11.5. The van der Waals surface area contributed by atoms with Crippen molar-refractivity contribution < 1.29 is 4.79 Å². The summed E-state index contributed by atoms with van der Waals surface area (Å²) >= 11 is 0. The molecule has 0 aliphatic carbocycles. The van der Waals surface area contributed by atoms with Gasteiger partial charge in [0.2, 0.25) is 0 Å². The number of anilines is 1. The van der Waals surface area contributed by atoms with E-state index in [0.29, 0.717) is 0 Å². The molecular formula is C13H21N3O. The molecule has 0 aliphatic rings. The fourth-order valence-electron chi connectivity index (χ4n) is 1.35. The Kier molecular flexibility index (Phi) is 4.10. The van der Waals surface area contributed by atoms with Gasteiger partial charge in [0.1, 0.15) is 0 Å². The van der Waals surface area contributed by atoms with Crippen molar-refractivity contribution in [2.24, 2.45) is 0 Å². The molecule has 0 spiro atoms. The van der Waals surface area contributed by atoms with Crippen LogP contribution < -0.4 is 10.6 Å². The van der Waals surface area contributed by atoms with E-state index < -0.39 is 0 Å². The van der Waals surface area contributed by atoms with E-state index in [-0.39, 0.29) is 17.5 Å². The van der Waals surface area contributed by atoms with Crippen LogP contribution in [0.2, 0.25) is 0 Å². The summed E-state index contributed by atoms with van der Waals surface area (Å²) in [7, 11) is 0. The van der Waals surface area contributed by atoms with Crippen molar-refractivity contribution in [3.63, 3.8) is 0 Å². The quantitative estimate of drug-likeness (QED) is 0.828. The number of hydrogen-bond acceptors (Lipinski definition) is 2. The number of hydrogen-bond donors (Lipinski definition) is 2. The Bertz CT molecular complexity index is 394. The van der Waals surface area contributed by atoms with Crippen LogP contribution in [-0.2, 0) is 5.41 Å². The number of nitrogens with zero attached hydrogens (tertiary/aromatic N) is 1. The zero-order chi connectivity index (χ0) is 13.1. The topological polar surface area (TPSA) is 54.0 Å². The molecule has 2 amide bonds. The molecule has 0 aliphatic heterocycles. The molecule has 0 fully saturated rings. The van der Waals surface area contributed by atoms with Crippen molar-refractivity contribution in [1.82, 2.24) is 10.3 Å². The summed E-state index contributed by atoms with van der Waals surface area (Å²) in [4.78, 5) is 15.8. The average Bonchev–Trinajstić information content (AvgIpc) is 2.15. The Hall–Kier alpha value is -1.58. The van der Waals surface area contributed by atoms with E-state index >= 15 is 0 Å². The molecule has 0 saturated carbocycles. The maximum atomic E-state index is 11.5. The van der Waals surface area contributed by atoms with Gasteiger partial charge in [0.15, 0.2) is 0 Å². The highest BCUT2D eigenvalue weighted by atomic mass is 16.2. The highest BCUT2D eigenvalue weighted by Gasteiger charge is 2.15. The van der Waals surface area contributed by atoms with Gasteiger partial charge in [0, 0.05) is 29.0 Å². The lowest BCUT2D eigenvalue weighted by Gasteiger charge is -2.18. The largest absolute Gasteiger partial charge is 0.336 e. The predicted molar refractivity (Wildman–Crippen MR) is 70.2 cm³/mol. The fraction of sp³-hybridized carbons (Fsp3) is 0.538. The van der Waals surface area contributed by atoms with Crippen LogP contribution in [0.4, 0.5) is 10.5 Å². The third kappa shape index (κ3) is 4.43. The van der Waals surface area contributed by atoms with Gasteiger partial charge in [-0.25, -0.2) is 4.79 Å². The molecule has 0 saturated heterocycles. The number of pyridine rings is 1. The monoisotopic (exact) mass is 235 g/mol. The summed E-state index contributed by atoms with van der Waals surface area (Å²) in [6.07, 6.45) is 1.71. The van der Waals surface area contributed by atoms with Crippen molar-refractivity contribution in [3.8, 4) is 0 Å². The Morgan fingerprint density at radius 2 is 2.00 bits per heavy atom. The predicted octanol–water partition coefficient (Wildman–Crippen LogP) is 2.91. The lowest BCUT2D eigenvalue weighted by atomic mass is 9.91. The van der Waals surface area contributed by atoms with E-state index in [9.17, 15) is 4.79 Å². The van der Waals surface area contributed by atoms with Gasteiger partial charge in [0.25, 0.3) is 0 Å². The average molecular weight is 235 g/mol. The van der Waals surface area contributed by atoms with Crippen LogP contribution in [0.1, 0.15) is 40.3 Å². The van der Waals surface area contributed by atoms with Crippen molar-refractivity contribution in [1.29, 1.82) is 0 Å². The van der Waals surface area contributed by atoms with Gasteiger partial charge in [0.05, 0.1) is 0 Å². The minimum Gasteiger partial charge on any atom is -0.336 e. The second-order valence-corrected chi connectivity index (χ2v) is 5.43. The first kappa shape index (κ1) is 13.5. The first-order valence-electron chi connectivity index (χ1n) is 5.83. The van der Waals surface area contributed by atoms with Crippen LogP contribution in [0.15, 0.2) is 18.3 Å². The molecule has 0 radical (unpaired) electrons. The summed E-state index contributed by atoms with van der Waals surface area (Å²) in [6, 6.07) is 3.62. The zero-order valence-corrected chi connectivity index (χ0v) is 11.2. The van der Waals surface area contributed by atoms with Crippen molar-refractivity contribution in [3.05, 3.63) is 24.0 Å². The van der Waals surface area contributed by atoms with E-state index in [1.807, 2.05) is 19.9 Å². The minimum atomic E-state index is -0.189. The van der Waals surface area contributed by atoms with Gasteiger partial charge < -0.3 is 10.6 Å². The SMILES string of the molecule is CC(C)NC(=O)Nc1ccnc(C(C)(C)C)c1. The van der Waals surface area contributed by atoms with Gasteiger partial charge in [-0.1, -0.05) is 20.8 Å². The number of carbonyl (C=O) groups excluding carboxylic acids is 1. The van der Waals surface area contributed by atoms with Crippen LogP contribution in [-0.4, -0.2) is 17.1 Å². The summed E-state index contributed by atoms with van der Waals surface area (Å²) < 4.78 is 0. The van der Waals surface area contributed by atoms with Gasteiger partial charge in [-0.05, 0) is 26.0 Å². The smallest absolute Gasteiger partial charge is 0.319 e. The first-order chi connectivity index (χ1) is 7.79. The highest BCUT2D eigenvalue weighted by Crippen LogP contribution is 2.22. The van der Waals surface area contributed by atoms with Gasteiger partial charge in [-0.2, -0.15) is 0 Å². The van der Waals surface area contributed by atoms with Crippen molar-refractivity contribution in [2.45, 2.75) is 46.1 Å². The molecule has 0 atom stereocenters. The zero-order valence-electron chi connectivity index (χ0n) is 11.2. The Labute approximate surface area is 103 Å². The second kappa shape index (κ2) is 5.17. The van der Waals surface area contributed by atoms with Gasteiger partial charge >= 0.3 is 6.03 Å². The number of carbonyl (C=O) groups is 1. The first-order valence-corrected chi connectivity index (χ1v) is 5.83. The highest BCUT2D eigenvalue weighted by molar-refractivity contribution is 5.89. The van der Waals surface area contributed by atoms with Crippen molar-refractivity contribution in [2.75, 3.05) is 5.32 Å². The van der Waals surface area contributed by atoms with E-state index in [2.05, 4.69) is 36.4 Å². The standard InChI is InChI=1S/C13H21N3O/c1-9(2)15-12(17)16-10-6-7-14-11(8-10)13(3,4)5/h6-9H,1-5H3,(H2,14,15,16,17). The maximum Gasteiger partial charge on any atom is 0.319 e. The van der Waals surface area contributed by atoms with Crippen LogP contribution in [0.3, 0.4) is 0 Å². The fourth-order valence-corrected chi connectivity index (χ4v) is 1.35. The molecule has 4 heteroatoms. The number of aromatic nitrogens is 1. The molecule has 4 nitrogen and oxygen atoms in total. The lowest BCUT2D eigenvalue weighted by Crippen LogP contribution is -2.34. The van der Waals surface area contributed by atoms with E-state index in [0.717, 1.165) is 11.4 Å². The third-order valence-electron chi connectivity index (χ3n) is 2.21. The van der Waals surface area contributed by atoms with Crippen molar-refractivity contribution >= 4 is 11.7 Å². The Balaban J connectivity index is 2.76. The molecule has 0 unspecified atom stereocenters. The summed E-state index contributed by atoms with van der Waals surface area (Å²) in [5, 5.41) is 5.57. The summed E-state index contributed by atoms with van der Waals surface area (Å²) in [5.74, 6) is 0. The molecule has 0 bridgehead atoms. The molecule has 17 heavy (non-hydrogen) atoms. The second-order valence-electron chi connectivity index (χ2n) is 5.43. The van der Waals surface area contributed by atoms with Crippen LogP contribution in [0.5, 0.6) is 0 Å². The van der Waals surface area contributed by atoms with Crippen LogP contribution in [0.25, 0.3) is 0 Å². The van der Waals surface area contributed by atoms with Crippen LogP contribution in [0, 0.1) is 0 Å². The van der Waals surface area contributed by atoms with E-state index in [1.165, 1.54) is 0 Å². The van der Waals surface area contributed by atoms with Gasteiger partial charge in [-0.3, -0.25) is 4.98 Å². The molecule has 1 aromatic rings. The number of nitrogens with one attached hydrogen (secondary N) is 2. The van der Waals surface area contributed by atoms with E-state index in [4.69, 9.17) is 0 Å². The normalized spacial score (nSPS) is 11.4.